The van der Waals surface area contributed by atoms with Gasteiger partial charge in [0, 0.05) is 19.6 Å². The monoisotopic (exact) mass is 226 g/mol. The second-order valence-corrected chi connectivity index (χ2v) is 4.59. The van der Waals surface area contributed by atoms with Crippen LogP contribution in [0.15, 0.2) is 0 Å². The van der Waals surface area contributed by atoms with Gasteiger partial charge < -0.3 is 15.2 Å². The van der Waals surface area contributed by atoms with Gasteiger partial charge >= 0.3 is 0 Å². The van der Waals surface area contributed by atoms with Crippen LogP contribution in [-0.4, -0.2) is 59.2 Å². The van der Waals surface area contributed by atoms with Crippen molar-refractivity contribution in [3.05, 3.63) is 0 Å². The second-order valence-electron chi connectivity index (χ2n) is 2.75. The summed E-state index contributed by atoms with van der Waals surface area (Å²) in [6.45, 7) is 2.46. The average Bonchev–Trinajstić information content (AvgIpc) is 2.08. The van der Waals surface area contributed by atoms with Crippen molar-refractivity contribution < 1.29 is 18.3 Å². The smallest absolute Gasteiger partial charge is 0.208 e. The third-order valence-electron chi connectivity index (χ3n) is 1.32. The van der Waals surface area contributed by atoms with E-state index < -0.39 is 10.0 Å². The first-order valence-corrected chi connectivity index (χ1v) is 6.29. The van der Waals surface area contributed by atoms with E-state index in [-0.39, 0.29) is 6.61 Å². The number of sulfonamides is 1. The predicted molar refractivity (Wildman–Crippen MR) is 53.6 cm³/mol. The molecule has 0 bridgehead atoms. The highest BCUT2D eigenvalue weighted by Gasteiger charge is 1.97. The summed E-state index contributed by atoms with van der Waals surface area (Å²) in [5, 5.41) is 11.4. The number of aliphatic hydroxyl groups excluding tert-OH is 1. The molecule has 7 heteroatoms. The lowest BCUT2D eigenvalue weighted by Gasteiger charge is -2.05. The number of hydrogen-bond acceptors (Lipinski definition) is 5. The number of nitrogens with one attached hydrogen (secondary N) is 2. The Bertz CT molecular complexity index is 218. The molecule has 0 saturated carbocycles. The van der Waals surface area contributed by atoms with E-state index >= 15 is 0 Å². The Kier molecular flexibility index (Phi) is 8.01. The van der Waals surface area contributed by atoms with Crippen LogP contribution >= 0.6 is 0 Å². The topological polar surface area (TPSA) is 87.7 Å². The summed E-state index contributed by atoms with van der Waals surface area (Å²) in [4.78, 5) is 0. The van der Waals surface area contributed by atoms with Gasteiger partial charge in [0.15, 0.2) is 0 Å². The highest BCUT2D eigenvalue weighted by Crippen LogP contribution is 1.73. The molecular formula is C7H18N2O4S. The van der Waals surface area contributed by atoms with Gasteiger partial charge in [0.2, 0.25) is 10.0 Å². The summed E-state index contributed by atoms with van der Waals surface area (Å²) in [6.07, 6.45) is 1.12. The molecule has 0 amide bonds. The summed E-state index contributed by atoms with van der Waals surface area (Å²) in [6, 6.07) is 0. The number of aliphatic hydroxyl groups is 1. The first-order valence-electron chi connectivity index (χ1n) is 4.40. The van der Waals surface area contributed by atoms with Crippen molar-refractivity contribution in [2.45, 2.75) is 0 Å². The van der Waals surface area contributed by atoms with E-state index in [4.69, 9.17) is 9.84 Å². The van der Waals surface area contributed by atoms with E-state index in [9.17, 15) is 8.42 Å². The molecule has 0 heterocycles. The fourth-order valence-electron chi connectivity index (χ4n) is 0.761. The van der Waals surface area contributed by atoms with Crippen molar-refractivity contribution in [3.63, 3.8) is 0 Å². The number of ether oxygens (including phenoxy) is 1. The lowest BCUT2D eigenvalue weighted by Crippen LogP contribution is -2.32. The molecule has 0 aromatic carbocycles. The van der Waals surface area contributed by atoms with Crippen LogP contribution in [0.1, 0.15) is 0 Å². The van der Waals surface area contributed by atoms with Crippen LogP contribution < -0.4 is 10.0 Å². The highest BCUT2D eigenvalue weighted by molar-refractivity contribution is 7.88. The van der Waals surface area contributed by atoms with Crippen molar-refractivity contribution in [3.8, 4) is 0 Å². The maximum atomic E-state index is 10.6. The van der Waals surface area contributed by atoms with Crippen LogP contribution in [0.2, 0.25) is 0 Å². The number of rotatable bonds is 9. The van der Waals surface area contributed by atoms with Gasteiger partial charge in [-0.25, -0.2) is 13.1 Å². The van der Waals surface area contributed by atoms with Gasteiger partial charge in [-0.1, -0.05) is 0 Å². The molecule has 14 heavy (non-hydrogen) atoms. The number of hydrogen-bond donors (Lipinski definition) is 3. The molecule has 0 aliphatic heterocycles. The predicted octanol–water partition coefficient (Wildman–Crippen LogP) is -1.87. The van der Waals surface area contributed by atoms with Crippen LogP contribution in [0, 0.1) is 0 Å². The molecule has 0 aromatic rings. The molecule has 6 nitrogen and oxygen atoms in total. The summed E-state index contributed by atoms with van der Waals surface area (Å²) in [5.74, 6) is 0. The molecule has 0 radical (unpaired) electrons. The Morgan fingerprint density at radius 3 is 2.50 bits per heavy atom. The van der Waals surface area contributed by atoms with E-state index in [0.29, 0.717) is 32.8 Å². The van der Waals surface area contributed by atoms with E-state index in [1.165, 1.54) is 0 Å². The van der Waals surface area contributed by atoms with Crippen molar-refractivity contribution >= 4 is 10.0 Å². The van der Waals surface area contributed by atoms with Crippen molar-refractivity contribution in [1.82, 2.24) is 10.0 Å². The third-order valence-corrected chi connectivity index (χ3v) is 2.05. The van der Waals surface area contributed by atoms with E-state index in [1.807, 2.05) is 0 Å². The van der Waals surface area contributed by atoms with Gasteiger partial charge in [-0.15, -0.1) is 0 Å². The Balaban J connectivity index is 3.07. The van der Waals surface area contributed by atoms with E-state index in [1.54, 1.807) is 0 Å². The van der Waals surface area contributed by atoms with Gasteiger partial charge in [0.1, 0.15) is 0 Å². The van der Waals surface area contributed by atoms with Crippen molar-refractivity contribution in [2.24, 2.45) is 0 Å². The molecule has 0 aromatic heterocycles. The highest BCUT2D eigenvalue weighted by atomic mass is 32.2. The minimum Gasteiger partial charge on any atom is -0.394 e. The van der Waals surface area contributed by atoms with E-state index in [2.05, 4.69) is 10.0 Å². The summed E-state index contributed by atoms with van der Waals surface area (Å²) >= 11 is 0. The summed E-state index contributed by atoms with van der Waals surface area (Å²) in [5.41, 5.74) is 0. The fourth-order valence-corrected chi connectivity index (χ4v) is 1.23. The summed E-state index contributed by atoms with van der Waals surface area (Å²) in [7, 11) is -3.08. The lowest BCUT2D eigenvalue weighted by atomic mass is 10.6. The second kappa shape index (κ2) is 8.13. The molecule has 0 aliphatic carbocycles. The van der Waals surface area contributed by atoms with Gasteiger partial charge in [-0.3, -0.25) is 0 Å². The largest absolute Gasteiger partial charge is 0.394 e. The molecule has 0 saturated heterocycles. The van der Waals surface area contributed by atoms with Crippen LogP contribution in [0.5, 0.6) is 0 Å². The molecule has 86 valence electrons. The van der Waals surface area contributed by atoms with Gasteiger partial charge in [0.05, 0.1) is 26.1 Å². The van der Waals surface area contributed by atoms with Crippen LogP contribution in [0.3, 0.4) is 0 Å². The normalized spacial score (nSPS) is 11.9. The molecule has 3 N–H and O–H groups in total. The van der Waals surface area contributed by atoms with E-state index in [0.717, 1.165) is 6.26 Å². The SMILES string of the molecule is CS(=O)(=O)NCCNCCOCCO. The molecule has 0 aliphatic rings. The summed E-state index contributed by atoms with van der Waals surface area (Å²) < 4.78 is 28.6. The third kappa shape index (κ3) is 11.8. The Labute approximate surface area is 84.7 Å². The zero-order valence-corrected chi connectivity index (χ0v) is 9.14. The minimum absolute atomic E-state index is 0.0234. The minimum atomic E-state index is -3.08. The van der Waals surface area contributed by atoms with Crippen LogP contribution in [-0.2, 0) is 14.8 Å². The maximum absolute atomic E-state index is 10.6. The van der Waals surface area contributed by atoms with Crippen molar-refractivity contribution in [1.29, 1.82) is 0 Å². The molecule has 0 rings (SSSR count). The first kappa shape index (κ1) is 13.8. The zero-order chi connectivity index (χ0) is 10.9. The van der Waals surface area contributed by atoms with Gasteiger partial charge in [-0.05, 0) is 0 Å². The Morgan fingerprint density at radius 2 is 1.93 bits per heavy atom. The molecular weight excluding hydrogens is 208 g/mol. The standard InChI is InChI=1S/C7H18N2O4S/c1-14(11,12)9-3-2-8-4-6-13-7-5-10/h8-10H,2-7H2,1H3. The van der Waals surface area contributed by atoms with Gasteiger partial charge in [0.25, 0.3) is 0 Å². The fraction of sp³-hybridized carbons (Fsp3) is 1.00. The maximum Gasteiger partial charge on any atom is 0.208 e. The first-order chi connectivity index (χ1) is 6.56. The lowest BCUT2D eigenvalue weighted by molar-refractivity contribution is 0.0941. The van der Waals surface area contributed by atoms with Crippen molar-refractivity contribution in [2.75, 3.05) is 45.7 Å². The zero-order valence-electron chi connectivity index (χ0n) is 8.32. The molecule has 0 fully saturated rings. The molecule has 0 spiro atoms. The Morgan fingerprint density at radius 1 is 1.21 bits per heavy atom. The average molecular weight is 226 g/mol. The quantitative estimate of drug-likeness (QED) is 0.401. The van der Waals surface area contributed by atoms with Gasteiger partial charge in [-0.2, -0.15) is 0 Å². The molecule has 0 unspecified atom stereocenters. The Hall–Kier alpha value is -0.210. The van der Waals surface area contributed by atoms with Crippen LogP contribution in [0.4, 0.5) is 0 Å². The van der Waals surface area contributed by atoms with Crippen LogP contribution in [0.25, 0.3) is 0 Å². The molecule has 0 atom stereocenters.